The zero-order valence-electron chi connectivity index (χ0n) is 17.7. The van der Waals surface area contributed by atoms with Gasteiger partial charge in [-0.05, 0) is 30.0 Å². The first-order chi connectivity index (χ1) is 14.7. The number of hydrogen-bond acceptors (Lipinski definition) is 2. The van der Waals surface area contributed by atoms with Gasteiger partial charge in [0.25, 0.3) is 5.56 Å². The van der Waals surface area contributed by atoms with E-state index in [-0.39, 0.29) is 5.56 Å². The van der Waals surface area contributed by atoms with Crippen LogP contribution in [0.1, 0.15) is 30.9 Å². The highest BCUT2D eigenvalue weighted by atomic mass is 32.1. The van der Waals surface area contributed by atoms with E-state index in [0.717, 1.165) is 12.6 Å². The van der Waals surface area contributed by atoms with Crippen LogP contribution in [0.25, 0.3) is 20.5 Å². The van der Waals surface area contributed by atoms with E-state index in [4.69, 9.17) is 0 Å². The number of hydrogen-bond donors (Lipinski definition) is 2. The molecule has 0 saturated carbocycles. The van der Waals surface area contributed by atoms with Gasteiger partial charge in [0.15, 0.2) is 0 Å². The molecule has 1 aromatic carbocycles. The van der Waals surface area contributed by atoms with Gasteiger partial charge in [0, 0.05) is 58.1 Å². The highest BCUT2D eigenvalue weighted by Crippen LogP contribution is 2.40. The minimum Gasteiger partial charge on any atom is -0.337 e. The van der Waals surface area contributed by atoms with Crippen molar-refractivity contribution < 1.29 is 9.80 Å². The lowest BCUT2D eigenvalue weighted by atomic mass is 9.80. The van der Waals surface area contributed by atoms with Gasteiger partial charge in [-0.15, -0.1) is 11.3 Å². The highest BCUT2D eigenvalue weighted by molar-refractivity contribution is 7.22. The maximum Gasteiger partial charge on any atom is 0.250 e. The van der Waals surface area contributed by atoms with E-state index in [0.29, 0.717) is 11.8 Å². The van der Waals surface area contributed by atoms with Crippen molar-refractivity contribution in [3.8, 4) is 10.4 Å². The molecule has 3 atom stereocenters. The van der Waals surface area contributed by atoms with E-state index >= 15 is 0 Å². The molecule has 0 radical (unpaired) electrons. The average molecular weight is 422 g/mol. The topological polar surface area (TPSA) is 30.9 Å². The molecule has 4 nitrogen and oxygen atoms in total. The molecule has 0 amide bonds. The van der Waals surface area contributed by atoms with Crippen molar-refractivity contribution in [2.45, 2.75) is 37.8 Å². The molecule has 2 saturated heterocycles. The predicted molar refractivity (Wildman–Crippen MR) is 123 cm³/mol. The molecule has 0 spiro atoms. The summed E-state index contributed by atoms with van der Waals surface area (Å²) in [7, 11) is 2.33. The fraction of sp³-hybridized carbons (Fsp3) is 0.480. The number of nitrogens with one attached hydrogen (secondary N) is 2. The second-order valence-corrected chi connectivity index (χ2v) is 10.9. The fourth-order valence-electron chi connectivity index (χ4n) is 6.34. The van der Waals surface area contributed by atoms with E-state index in [1.807, 2.05) is 16.2 Å². The minimum atomic E-state index is 0.191. The number of fused-ring (bicyclic) bond motifs is 5. The van der Waals surface area contributed by atoms with Crippen LogP contribution in [0.5, 0.6) is 0 Å². The number of quaternary nitrogens is 2. The molecule has 0 aliphatic carbocycles. The van der Waals surface area contributed by atoms with Crippen LogP contribution in [-0.4, -0.2) is 43.8 Å². The summed E-state index contributed by atoms with van der Waals surface area (Å²) < 4.78 is 3.46. The Hall–Kier alpha value is -1.95. The Bertz CT molecular complexity index is 1110. The second kappa shape index (κ2) is 7.33. The molecule has 5 heterocycles. The van der Waals surface area contributed by atoms with Crippen molar-refractivity contribution >= 4 is 21.4 Å². The van der Waals surface area contributed by atoms with Crippen molar-refractivity contribution in [3.05, 3.63) is 58.5 Å². The van der Waals surface area contributed by atoms with Crippen molar-refractivity contribution in [1.82, 2.24) is 4.57 Å². The Balaban J connectivity index is 1.39. The molecule has 156 valence electrons. The lowest BCUT2D eigenvalue weighted by Gasteiger charge is -2.44. The van der Waals surface area contributed by atoms with E-state index in [1.54, 1.807) is 11.0 Å². The number of pyridine rings is 1. The average Bonchev–Trinajstić information content (AvgIpc) is 3.19. The summed E-state index contributed by atoms with van der Waals surface area (Å²) in [6, 6.07) is 15.7. The molecule has 5 heteroatoms. The number of likely N-dealkylation sites (tertiary alicyclic amines) is 2. The van der Waals surface area contributed by atoms with Crippen LogP contribution in [0.15, 0.2) is 47.3 Å². The number of piperidine rings is 2. The summed E-state index contributed by atoms with van der Waals surface area (Å²) in [4.78, 5) is 17.6. The number of thiophene rings is 1. The van der Waals surface area contributed by atoms with E-state index in [1.165, 1.54) is 71.7 Å². The first kappa shape index (κ1) is 18.8. The predicted octanol–water partition coefficient (Wildman–Crippen LogP) is 1.41. The smallest absolute Gasteiger partial charge is 0.250 e. The number of nitrogens with zero attached hydrogens (tertiary/aromatic N) is 1. The van der Waals surface area contributed by atoms with E-state index < -0.39 is 0 Å². The normalized spacial score (nSPS) is 30.9. The molecule has 2 bridgehead atoms. The summed E-state index contributed by atoms with van der Waals surface area (Å²) in [6.45, 7) is 5.98. The summed E-state index contributed by atoms with van der Waals surface area (Å²) in [5.74, 6) is 1.15. The summed E-state index contributed by atoms with van der Waals surface area (Å²) in [6.07, 6.45) is 3.96. The van der Waals surface area contributed by atoms with Gasteiger partial charge in [-0.25, -0.2) is 0 Å². The Morgan fingerprint density at radius 3 is 2.73 bits per heavy atom. The minimum absolute atomic E-state index is 0.191. The molecule has 2 N–H and O–H groups in total. The number of rotatable bonds is 2. The van der Waals surface area contributed by atoms with Gasteiger partial charge in [-0.3, -0.25) is 4.79 Å². The van der Waals surface area contributed by atoms with Crippen LogP contribution in [0.3, 0.4) is 0 Å². The van der Waals surface area contributed by atoms with Crippen LogP contribution >= 0.6 is 11.3 Å². The van der Waals surface area contributed by atoms with Crippen molar-refractivity contribution in [3.63, 3.8) is 0 Å². The summed E-state index contributed by atoms with van der Waals surface area (Å²) in [5, 5.41) is 1.31. The van der Waals surface area contributed by atoms with Crippen LogP contribution in [-0.2, 0) is 6.54 Å². The SMILES string of the molecule is C[NH+]1CCC([NH+]2C[C@@H]3C[C@H](C2)c2c(-c4cc5ccccc5s4)ccc(=O)n2C3)CC1. The third-order valence-corrected chi connectivity index (χ3v) is 8.99. The van der Waals surface area contributed by atoms with Gasteiger partial charge in [-0.2, -0.15) is 0 Å². The molecular formula is C25H31N3OS+2. The molecule has 1 unspecified atom stereocenters. The Morgan fingerprint density at radius 2 is 1.90 bits per heavy atom. The maximum absolute atomic E-state index is 12.8. The first-order valence-corrected chi connectivity index (χ1v) is 12.4. The third kappa shape index (κ3) is 3.15. The lowest BCUT2D eigenvalue weighted by Crippen LogP contribution is -3.21. The standard InChI is InChI=1S/C25H29N3OS/c1-26-10-8-20(9-11-26)27-14-17-12-19(16-27)25-21(6-7-24(29)28(25)15-17)23-13-18-4-2-3-5-22(18)30-23/h2-7,13,17,19-20H,8-12,14-16H2,1H3/p+2/t17-,19+/m0/s1. The van der Waals surface area contributed by atoms with Crippen molar-refractivity contribution in [2.24, 2.45) is 5.92 Å². The molecule has 6 rings (SSSR count). The van der Waals surface area contributed by atoms with Crippen molar-refractivity contribution in [1.29, 1.82) is 0 Å². The fourth-order valence-corrected chi connectivity index (χ4v) is 7.44. The zero-order chi connectivity index (χ0) is 20.2. The van der Waals surface area contributed by atoms with E-state index in [2.05, 4.69) is 48.0 Å². The second-order valence-electron chi connectivity index (χ2n) is 9.83. The lowest BCUT2D eigenvalue weighted by molar-refractivity contribution is -0.959. The molecule has 2 fully saturated rings. The molecule has 30 heavy (non-hydrogen) atoms. The summed E-state index contributed by atoms with van der Waals surface area (Å²) in [5.41, 5.74) is 2.81. The van der Waals surface area contributed by atoms with Crippen LogP contribution in [0.4, 0.5) is 0 Å². The highest BCUT2D eigenvalue weighted by Gasteiger charge is 2.42. The van der Waals surface area contributed by atoms with Gasteiger partial charge in [0.1, 0.15) is 0 Å². The zero-order valence-corrected chi connectivity index (χ0v) is 18.5. The first-order valence-electron chi connectivity index (χ1n) is 11.5. The van der Waals surface area contributed by atoms with Gasteiger partial charge in [0.05, 0.1) is 39.3 Å². The van der Waals surface area contributed by atoms with Gasteiger partial charge >= 0.3 is 0 Å². The van der Waals surface area contributed by atoms with E-state index in [9.17, 15) is 4.79 Å². The Morgan fingerprint density at radius 1 is 1.07 bits per heavy atom. The largest absolute Gasteiger partial charge is 0.337 e. The molecular weight excluding hydrogens is 390 g/mol. The van der Waals surface area contributed by atoms with Gasteiger partial charge < -0.3 is 14.4 Å². The van der Waals surface area contributed by atoms with Crippen LogP contribution < -0.4 is 15.4 Å². The molecule has 3 aromatic rings. The van der Waals surface area contributed by atoms with Crippen LogP contribution in [0, 0.1) is 5.92 Å². The quantitative estimate of drug-likeness (QED) is 0.644. The third-order valence-electron chi connectivity index (χ3n) is 7.84. The number of benzene rings is 1. The Labute approximate surface area is 181 Å². The molecule has 3 aliphatic heterocycles. The monoisotopic (exact) mass is 421 g/mol. The molecule has 2 aromatic heterocycles. The molecule has 3 aliphatic rings. The summed E-state index contributed by atoms with van der Waals surface area (Å²) >= 11 is 1.86. The van der Waals surface area contributed by atoms with Gasteiger partial charge in [0.2, 0.25) is 0 Å². The Kier molecular flexibility index (Phi) is 4.59. The number of aromatic nitrogens is 1. The van der Waals surface area contributed by atoms with Crippen molar-refractivity contribution in [2.75, 3.05) is 33.2 Å². The van der Waals surface area contributed by atoms with Gasteiger partial charge in [-0.1, -0.05) is 18.2 Å². The van der Waals surface area contributed by atoms with Crippen LogP contribution in [0.2, 0.25) is 0 Å². The maximum atomic E-state index is 12.8.